The van der Waals surface area contributed by atoms with Crippen molar-refractivity contribution in [2.75, 3.05) is 9.80 Å². The summed E-state index contributed by atoms with van der Waals surface area (Å²) in [6.07, 6.45) is 0. The van der Waals surface area contributed by atoms with Crippen LogP contribution < -0.4 is 26.2 Å². The summed E-state index contributed by atoms with van der Waals surface area (Å²) in [5.41, 5.74) is 13.5. The average Bonchev–Trinajstić information content (AvgIpc) is 1.65. The fraction of sp³-hybridized carbons (Fsp3) is 0.115. The minimum absolute atomic E-state index is 0.0992. The van der Waals surface area contributed by atoms with Crippen molar-refractivity contribution in [2.24, 2.45) is 0 Å². The second-order valence-corrected chi connectivity index (χ2v) is 33.3. The molecule has 8 heterocycles. The van der Waals surface area contributed by atoms with Gasteiger partial charge in [0.15, 0.2) is 5.69 Å². The third-order valence-electron chi connectivity index (χ3n) is 23.6. The van der Waals surface area contributed by atoms with Crippen molar-refractivity contribution >= 4 is 194 Å². The lowest BCUT2D eigenvalue weighted by molar-refractivity contribution is 0.572. The maximum absolute atomic E-state index is 10.8. The van der Waals surface area contributed by atoms with Gasteiger partial charge in [0.05, 0.1) is 78.9 Å². The number of para-hydroxylation sites is 6. The van der Waals surface area contributed by atoms with E-state index < -0.39 is 119 Å². The molecule has 0 amide bonds. The molecule has 115 heavy (non-hydrogen) atoms. The van der Waals surface area contributed by atoms with Gasteiger partial charge in [-0.15, -0.1) is 0 Å². The zero-order chi connectivity index (χ0) is 89.7. The molecule has 21 aromatic rings. The monoisotopic (exact) mass is 1490 g/mol. The van der Waals surface area contributed by atoms with Gasteiger partial charge in [0.1, 0.15) is 44.7 Å². The van der Waals surface area contributed by atoms with E-state index in [0.29, 0.717) is 89.7 Å². The number of hydrogen-bond donors (Lipinski definition) is 0. The van der Waals surface area contributed by atoms with Crippen LogP contribution >= 0.6 is 0 Å². The lowest BCUT2D eigenvalue weighted by Crippen LogP contribution is -2.61. The molecule has 0 radical (unpaired) electrons. The molecule has 0 spiro atoms. The van der Waals surface area contributed by atoms with Gasteiger partial charge in [-0.25, -0.2) is 4.85 Å². The summed E-state index contributed by atoms with van der Waals surface area (Å²) < 4.78 is 168. The molecule has 0 bridgehead atoms. The maximum atomic E-state index is 10.8. The quantitative estimate of drug-likeness (QED) is 0.121. The van der Waals surface area contributed by atoms with Crippen molar-refractivity contribution < 1.29 is 36.9 Å². The molecule has 546 valence electrons. The Labute approximate surface area is 682 Å². The van der Waals surface area contributed by atoms with E-state index in [4.69, 9.17) is 24.2 Å². The summed E-state index contributed by atoms with van der Waals surface area (Å²) in [5.74, 6) is 0. The highest BCUT2D eigenvalue weighted by atomic mass is 16.3. The molecule has 0 fully saturated rings. The molecule has 10 nitrogen and oxygen atoms in total. The summed E-state index contributed by atoms with van der Waals surface area (Å²) in [7, 11) is 0. The Kier molecular flexibility index (Phi) is 11.0. The van der Waals surface area contributed by atoms with Gasteiger partial charge in [0, 0.05) is 108 Å². The molecular formula is C104H73BN6O4. The highest BCUT2D eigenvalue weighted by Crippen LogP contribution is 2.59. The smallest absolute Gasteiger partial charge is 0.252 e. The molecular weight excluding hydrogens is 1410 g/mol. The molecule has 0 aliphatic carbocycles. The topological polar surface area (TPSA) is 97.0 Å². The lowest BCUT2D eigenvalue weighted by atomic mass is 9.33. The molecule has 11 heteroatoms. The Hall–Kier alpha value is -14.3. The normalized spacial score (nSPS) is 14.9. The zero-order valence-corrected chi connectivity index (χ0v) is 63.9. The molecule has 0 N–H and O–H groups in total. The summed E-state index contributed by atoms with van der Waals surface area (Å²) in [5, 5.41) is 16.7. The van der Waals surface area contributed by atoms with Gasteiger partial charge in [0.2, 0.25) is 0 Å². The van der Waals surface area contributed by atoms with Gasteiger partial charge in [-0.2, -0.15) is 5.26 Å². The van der Waals surface area contributed by atoms with Gasteiger partial charge in [-0.3, -0.25) is 0 Å². The van der Waals surface area contributed by atoms with E-state index in [1.165, 1.54) is 0 Å². The minimum Gasteiger partial charge on any atom is -0.456 e. The van der Waals surface area contributed by atoms with Crippen molar-refractivity contribution in [3.05, 3.63) is 312 Å². The number of fused-ring (bicyclic) bond motifs is 22. The maximum Gasteiger partial charge on any atom is 0.252 e. The largest absolute Gasteiger partial charge is 0.456 e. The first-order chi connectivity index (χ1) is 61.7. The molecule has 6 aromatic heterocycles. The third kappa shape index (κ3) is 9.44. The molecule has 0 saturated carbocycles. The second-order valence-electron chi connectivity index (χ2n) is 33.3. The van der Waals surface area contributed by atoms with E-state index in [1.54, 1.807) is 9.13 Å². The van der Waals surface area contributed by atoms with Gasteiger partial charge in [-0.1, -0.05) is 214 Å². The summed E-state index contributed by atoms with van der Waals surface area (Å²) in [4.78, 5) is 8.23. The van der Waals surface area contributed by atoms with Crippen LogP contribution in [0.1, 0.15) is 104 Å². The van der Waals surface area contributed by atoms with Gasteiger partial charge in [0.25, 0.3) is 6.71 Å². The van der Waals surface area contributed by atoms with E-state index in [2.05, 4.69) is 138 Å². The zero-order valence-electron chi connectivity index (χ0n) is 77.9. The molecule has 15 aromatic carbocycles. The van der Waals surface area contributed by atoms with Crippen LogP contribution in [-0.4, -0.2) is 15.8 Å². The van der Waals surface area contributed by atoms with Crippen LogP contribution in [0.15, 0.2) is 296 Å². The lowest BCUT2D eigenvalue weighted by Gasteiger charge is -2.46. The molecule has 0 saturated heterocycles. The van der Waals surface area contributed by atoms with E-state index in [-0.39, 0.29) is 55.0 Å². The minimum atomic E-state index is -0.891. The fourth-order valence-electron chi connectivity index (χ4n) is 18.6. The van der Waals surface area contributed by atoms with Crippen LogP contribution in [0.25, 0.3) is 170 Å². The molecule has 0 unspecified atom stereocenters. The first kappa shape index (κ1) is 53.6. The summed E-state index contributed by atoms with van der Waals surface area (Å²) in [6.45, 7) is 27.0. The van der Waals surface area contributed by atoms with Crippen LogP contribution in [0.4, 0.5) is 39.8 Å². The third-order valence-corrected chi connectivity index (χ3v) is 23.6. The standard InChI is InChI=1S/C104H73BN6O4/c1-102(2,3)59-50-85-97-86(51-59)111(99-74(66-32-24-40-92-94(66)68-28-14-20-36-88(68)113-92)56-76(104(7,8)9)101-96(99)70-30-16-22-38-90(70)115-101)84-54-62(109-80-34-18-12-26-64(80)72-52-60(107-10)42-48-82(72)109)44-46-78(84)105(97)77-45-43-61(108-79-33-17-11-25-63(79)71-49-58(57-106)41-47-81(71)108)53-83(77)110(85)98-73(65-31-23-39-91-93(65)67-27-13-19-35-87(67)112-91)55-75(103(4,5)6)100-95(98)69-29-15-21-37-89(69)114-100/h11-56H,1-9H3/i11D,12D,17D,18D,25D,26D,33D,34D,41D,42D,47D,48D,49D,52D. The fourth-order valence-corrected chi connectivity index (χ4v) is 18.6. The van der Waals surface area contributed by atoms with Crippen molar-refractivity contribution in [3.8, 4) is 39.7 Å². The predicted molar refractivity (Wildman–Crippen MR) is 476 cm³/mol. The number of furan rings is 4. The Morgan fingerprint density at radius 3 is 1.25 bits per heavy atom. The molecule has 2 aliphatic heterocycles. The number of aromatic nitrogens is 2. The Morgan fingerprint density at radius 2 is 0.800 bits per heavy atom. The van der Waals surface area contributed by atoms with Gasteiger partial charge in [-0.05, 0) is 182 Å². The van der Waals surface area contributed by atoms with E-state index in [1.807, 2.05) is 140 Å². The van der Waals surface area contributed by atoms with Crippen LogP contribution in [0, 0.1) is 17.9 Å². The van der Waals surface area contributed by atoms with Crippen molar-refractivity contribution in [1.82, 2.24) is 9.13 Å². The van der Waals surface area contributed by atoms with Crippen LogP contribution in [0.5, 0.6) is 0 Å². The molecule has 0 atom stereocenters. The van der Waals surface area contributed by atoms with Crippen molar-refractivity contribution in [2.45, 2.75) is 78.6 Å². The van der Waals surface area contributed by atoms with E-state index in [0.717, 1.165) is 87.5 Å². The highest BCUT2D eigenvalue weighted by Gasteiger charge is 2.48. The second kappa shape index (κ2) is 23.7. The Balaban J connectivity index is 0.964. The van der Waals surface area contributed by atoms with E-state index >= 15 is 0 Å². The van der Waals surface area contributed by atoms with Crippen LogP contribution in [0.2, 0.25) is 0 Å². The predicted octanol–water partition coefficient (Wildman–Crippen LogP) is 27.2. The molecule has 2 aliphatic rings. The Morgan fingerprint density at radius 1 is 0.383 bits per heavy atom. The number of rotatable bonds is 6. The Bertz CT molecular complexity index is 8400. The van der Waals surface area contributed by atoms with Crippen LogP contribution in [-0.2, 0) is 16.2 Å². The van der Waals surface area contributed by atoms with E-state index in [9.17, 15) is 24.5 Å². The number of anilines is 6. The number of benzene rings is 15. The van der Waals surface area contributed by atoms with Gasteiger partial charge < -0.3 is 36.6 Å². The molecule has 23 rings (SSSR count). The van der Waals surface area contributed by atoms with Gasteiger partial charge >= 0.3 is 0 Å². The van der Waals surface area contributed by atoms with Crippen LogP contribution in [0.3, 0.4) is 0 Å². The van der Waals surface area contributed by atoms with Crippen molar-refractivity contribution in [3.63, 3.8) is 0 Å². The number of nitrogens with zero attached hydrogens (tertiary/aromatic N) is 6. The SMILES string of the molecule is [2H]c1c([2H])c([2H])c2c(c1[2H])c1c([2H])c(C#N)c([2H])c([2H])c1n2-c1ccc2c(c1)N(c1c(-c3cccc4oc5ccccc5c34)cc(C(C)(C)C)c3oc4ccccc4c13)c1cc(C(C)(C)C)cc3c1B2c1ccc(-n2c4c([2H])c([2H])c([2H])c([2H])c4c4c([2H])c([N+]#[C-])c([2H])c([2H])c42)cc1N3c1c(-c2cccc3oc4ccccc4c23)cc(C(C)(C)C)c2oc3ccccc3c12. The number of nitriles is 1. The highest BCUT2D eigenvalue weighted by molar-refractivity contribution is 7.00. The number of hydrogen-bond acceptors (Lipinski definition) is 7. The summed E-state index contributed by atoms with van der Waals surface area (Å²) in [6, 6.07) is 59.1. The first-order valence-corrected chi connectivity index (χ1v) is 38.4. The van der Waals surface area contributed by atoms with Crippen molar-refractivity contribution in [1.29, 1.82) is 5.26 Å². The first-order valence-electron chi connectivity index (χ1n) is 45.4. The average molecular weight is 1500 g/mol. The summed E-state index contributed by atoms with van der Waals surface area (Å²) >= 11 is 0.